The molecule has 0 unspecified atom stereocenters. The first kappa shape index (κ1) is 25.0. The monoisotopic (exact) mass is 566 g/mol. The van der Waals surface area contributed by atoms with Crippen molar-refractivity contribution in [1.29, 1.82) is 0 Å². The second-order valence-electron chi connectivity index (χ2n) is 8.84. The van der Waals surface area contributed by atoms with Crippen molar-refractivity contribution in [3.05, 3.63) is 146 Å². The molecule has 0 aliphatic rings. The molecule has 6 aromatic rings. The minimum absolute atomic E-state index is 0.823. The van der Waals surface area contributed by atoms with E-state index in [1.807, 2.05) is 146 Å². The van der Waals surface area contributed by atoms with Crippen LogP contribution in [0.15, 0.2) is 146 Å². The highest BCUT2D eigenvalue weighted by Crippen LogP contribution is 2.48. The Balaban J connectivity index is 1.44. The van der Waals surface area contributed by atoms with Crippen LogP contribution >= 0.6 is 37.0 Å². The summed E-state index contributed by atoms with van der Waals surface area (Å²) >= 11 is 3.11. The van der Waals surface area contributed by atoms with Gasteiger partial charge in [0, 0.05) is 31.0 Å². The summed E-state index contributed by atoms with van der Waals surface area (Å²) in [6, 6.07) is 47.0. The molecular weight excluding hydrogens is 542 g/mol. The molecule has 2 nitrogen and oxygen atoms in total. The molecule has 0 atom stereocenters. The highest BCUT2D eigenvalue weighted by molar-refractivity contribution is 7.90. The predicted molar refractivity (Wildman–Crippen MR) is 166 cm³/mol. The Bertz CT molecular complexity index is 1540. The molecule has 0 aliphatic heterocycles. The molecule has 6 heteroatoms. The van der Waals surface area contributed by atoms with Gasteiger partial charge in [0.1, 0.15) is 0 Å². The average molecular weight is 567 g/mol. The van der Waals surface area contributed by atoms with Crippen LogP contribution in [-0.4, -0.2) is 0 Å². The highest BCUT2D eigenvalue weighted by Gasteiger charge is 2.33. The summed E-state index contributed by atoms with van der Waals surface area (Å²) in [7, 11) is -6.06. The van der Waals surface area contributed by atoms with Gasteiger partial charge in [0.2, 0.25) is 0 Å². The first-order chi connectivity index (χ1) is 18.6. The molecule has 0 aliphatic carbocycles. The molecule has 0 fully saturated rings. The van der Waals surface area contributed by atoms with E-state index in [9.17, 15) is 9.13 Å². The zero-order valence-corrected chi connectivity index (χ0v) is 23.8. The van der Waals surface area contributed by atoms with Crippen molar-refractivity contribution in [2.24, 2.45) is 0 Å². The number of thiophene rings is 2. The second-order valence-corrected chi connectivity index (χ2v) is 17.1. The molecular formula is C32H24O2P2S2. The van der Waals surface area contributed by atoms with Gasteiger partial charge in [-0.1, -0.05) is 121 Å². The molecule has 0 radical (unpaired) electrons. The topological polar surface area (TPSA) is 34.1 Å². The third-order valence-electron chi connectivity index (χ3n) is 6.53. The van der Waals surface area contributed by atoms with Crippen LogP contribution < -0.4 is 30.5 Å². The van der Waals surface area contributed by atoms with E-state index in [-0.39, 0.29) is 0 Å². The maximum absolute atomic E-state index is 14.8. The summed E-state index contributed by atoms with van der Waals surface area (Å²) < 4.78 is 31.2. The summed E-state index contributed by atoms with van der Waals surface area (Å²) in [4.78, 5) is 2.05. The van der Waals surface area contributed by atoms with E-state index in [2.05, 4.69) is 0 Å². The zero-order valence-electron chi connectivity index (χ0n) is 20.4. The van der Waals surface area contributed by atoms with Gasteiger partial charge in [-0.2, -0.15) is 0 Å². The molecule has 0 saturated carbocycles. The predicted octanol–water partition coefficient (Wildman–Crippen LogP) is 6.76. The van der Waals surface area contributed by atoms with E-state index < -0.39 is 14.3 Å². The highest BCUT2D eigenvalue weighted by atomic mass is 32.1. The van der Waals surface area contributed by atoms with E-state index in [1.54, 1.807) is 22.7 Å². The van der Waals surface area contributed by atoms with Crippen molar-refractivity contribution < 1.29 is 9.13 Å². The van der Waals surface area contributed by atoms with E-state index >= 15 is 0 Å². The SMILES string of the molecule is O=P(c1ccccc1)(c1ccccc1)c1ccc(-c2ccc(P(=O)(c3ccccc3)c3ccccc3)s2)s1. The van der Waals surface area contributed by atoms with Crippen LogP contribution in [0.4, 0.5) is 0 Å². The zero-order chi connectivity index (χ0) is 26.0. The van der Waals surface area contributed by atoms with Crippen molar-refractivity contribution in [1.82, 2.24) is 0 Å². The molecule has 186 valence electrons. The van der Waals surface area contributed by atoms with Crippen molar-refractivity contribution in [2.45, 2.75) is 0 Å². The molecule has 0 bridgehead atoms. The number of hydrogen-bond acceptors (Lipinski definition) is 4. The fourth-order valence-electron chi connectivity index (χ4n) is 4.62. The van der Waals surface area contributed by atoms with Gasteiger partial charge >= 0.3 is 0 Å². The van der Waals surface area contributed by atoms with E-state index in [0.717, 1.165) is 40.2 Å². The van der Waals surface area contributed by atoms with Crippen molar-refractivity contribution in [3.63, 3.8) is 0 Å². The van der Waals surface area contributed by atoms with Gasteiger partial charge in [-0.25, -0.2) is 0 Å². The fourth-order valence-corrected chi connectivity index (χ4v) is 13.6. The van der Waals surface area contributed by atoms with Crippen LogP contribution in [0.25, 0.3) is 9.75 Å². The van der Waals surface area contributed by atoms with Crippen molar-refractivity contribution in [3.8, 4) is 9.75 Å². The lowest BCUT2D eigenvalue weighted by Gasteiger charge is -2.18. The Hall–Kier alpha value is -3.26. The van der Waals surface area contributed by atoms with Crippen LogP contribution in [-0.2, 0) is 9.13 Å². The molecule has 0 spiro atoms. The standard InChI is InChI=1S/C32H24O2P2S2/c33-35(25-13-5-1-6-14-25,26-15-7-2-8-16-26)31-23-21-29(37-31)30-22-24-32(38-30)36(34,27-17-9-3-10-18-27)28-19-11-4-12-20-28/h1-24H. The molecule has 0 N–H and O–H groups in total. The summed E-state index contributed by atoms with van der Waals surface area (Å²) in [6.45, 7) is 0. The first-order valence-corrected chi connectivity index (χ1v) is 17.3. The smallest absolute Gasteiger partial charge is 0.180 e. The van der Waals surface area contributed by atoms with Gasteiger partial charge in [0.05, 0.1) is 9.24 Å². The van der Waals surface area contributed by atoms with Gasteiger partial charge < -0.3 is 9.13 Å². The number of benzene rings is 4. The van der Waals surface area contributed by atoms with Crippen LogP contribution in [0.2, 0.25) is 0 Å². The molecule has 2 heterocycles. The Morgan fingerprint density at radius 3 is 0.868 bits per heavy atom. The maximum atomic E-state index is 14.8. The Labute approximate surface area is 231 Å². The summed E-state index contributed by atoms with van der Waals surface area (Å²) in [5.74, 6) is 0. The Kier molecular flexibility index (Phi) is 6.91. The maximum Gasteiger partial charge on any atom is 0.180 e. The van der Waals surface area contributed by atoms with Gasteiger partial charge in [-0.15, -0.1) is 22.7 Å². The van der Waals surface area contributed by atoms with Crippen LogP contribution in [0.3, 0.4) is 0 Å². The summed E-state index contributed by atoms with van der Waals surface area (Å²) in [5.41, 5.74) is 0. The third kappa shape index (κ3) is 4.38. The van der Waals surface area contributed by atoms with Crippen LogP contribution in [0.5, 0.6) is 0 Å². The van der Waals surface area contributed by atoms with Crippen LogP contribution in [0, 0.1) is 0 Å². The number of rotatable bonds is 7. The minimum atomic E-state index is -3.03. The van der Waals surface area contributed by atoms with Gasteiger partial charge in [-0.05, 0) is 24.3 Å². The molecule has 0 saturated heterocycles. The van der Waals surface area contributed by atoms with E-state index in [4.69, 9.17) is 0 Å². The lowest BCUT2D eigenvalue weighted by molar-refractivity contribution is 0.592. The number of hydrogen-bond donors (Lipinski definition) is 0. The largest absolute Gasteiger partial charge is 0.308 e. The molecule has 38 heavy (non-hydrogen) atoms. The van der Waals surface area contributed by atoms with Gasteiger partial charge in [-0.3, -0.25) is 0 Å². The van der Waals surface area contributed by atoms with Gasteiger partial charge in [0.25, 0.3) is 0 Å². The molecule has 4 aromatic carbocycles. The fraction of sp³-hybridized carbons (Fsp3) is 0. The summed E-state index contributed by atoms with van der Waals surface area (Å²) in [5, 5.41) is 3.29. The first-order valence-electron chi connectivity index (χ1n) is 12.2. The molecule has 2 aromatic heterocycles. The normalized spacial score (nSPS) is 11.9. The van der Waals surface area contributed by atoms with Crippen molar-refractivity contribution in [2.75, 3.05) is 0 Å². The minimum Gasteiger partial charge on any atom is -0.308 e. The molecule has 0 amide bonds. The average Bonchev–Trinajstić information content (AvgIpc) is 3.69. The van der Waals surface area contributed by atoms with Gasteiger partial charge in [0.15, 0.2) is 14.3 Å². The summed E-state index contributed by atoms with van der Waals surface area (Å²) in [6.07, 6.45) is 0. The second kappa shape index (κ2) is 10.5. The lowest BCUT2D eigenvalue weighted by Crippen LogP contribution is -2.23. The third-order valence-corrected chi connectivity index (χ3v) is 16.2. The van der Waals surface area contributed by atoms with E-state index in [0.29, 0.717) is 0 Å². The molecule has 6 rings (SSSR count). The van der Waals surface area contributed by atoms with Crippen LogP contribution in [0.1, 0.15) is 0 Å². The Morgan fingerprint density at radius 1 is 0.342 bits per heavy atom. The lowest BCUT2D eigenvalue weighted by atomic mass is 10.4. The quantitative estimate of drug-likeness (QED) is 0.200. The Morgan fingerprint density at radius 2 is 0.605 bits per heavy atom. The van der Waals surface area contributed by atoms with E-state index in [1.165, 1.54) is 0 Å². The van der Waals surface area contributed by atoms with Crippen molar-refractivity contribution >= 4 is 67.4 Å².